The van der Waals surface area contributed by atoms with Crippen molar-refractivity contribution < 1.29 is 4.79 Å². The second-order valence-corrected chi connectivity index (χ2v) is 8.09. The van der Waals surface area contributed by atoms with Gasteiger partial charge < -0.3 is 9.88 Å². The van der Waals surface area contributed by atoms with Crippen molar-refractivity contribution >= 4 is 29.1 Å². The van der Waals surface area contributed by atoms with Gasteiger partial charge >= 0.3 is 0 Å². The molecule has 140 valence electrons. The summed E-state index contributed by atoms with van der Waals surface area (Å²) >= 11 is 12.3. The molecule has 2 heterocycles. The van der Waals surface area contributed by atoms with Gasteiger partial charge in [0.2, 0.25) is 5.91 Å². The topological polar surface area (TPSA) is 37.3 Å². The van der Waals surface area contributed by atoms with Crippen molar-refractivity contribution in [2.75, 3.05) is 13.1 Å². The fourth-order valence-electron chi connectivity index (χ4n) is 3.32. The van der Waals surface area contributed by atoms with Crippen LogP contribution >= 0.6 is 23.2 Å². The van der Waals surface area contributed by atoms with Crippen LogP contribution in [0.5, 0.6) is 0 Å². The van der Waals surface area contributed by atoms with Crippen LogP contribution in [0, 0.1) is 5.92 Å². The molecule has 0 fully saturated rings. The number of rotatable bonds is 5. The van der Waals surface area contributed by atoms with E-state index in [0.717, 1.165) is 18.7 Å². The summed E-state index contributed by atoms with van der Waals surface area (Å²) in [5.41, 5.74) is 2.21. The second-order valence-electron chi connectivity index (χ2n) is 7.27. The molecule has 3 rings (SSSR count). The van der Waals surface area contributed by atoms with E-state index in [1.54, 1.807) is 0 Å². The Hall–Kier alpha value is -1.49. The highest BCUT2D eigenvalue weighted by Crippen LogP contribution is 2.35. The van der Waals surface area contributed by atoms with Crippen molar-refractivity contribution in [1.82, 2.24) is 14.8 Å². The second kappa shape index (κ2) is 8.03. The Morgan fingerprint density at radius 1 is 1.19 bits per heavy atom. The molecule has 4 nitrogen and oxygen atoms in total. The van der Waals surface area contributed by atoms with Crippen molar-refractivity contribution in [3.63, 3.8) is 0 Å². The molecule has 0 radical (unpaired) electrons. The molecule has 0 saturated heterocycles. The van der Waals surface area contributed by atoms with Gasteiger partial charge in [-0.15, -0.1) is 0 Å². The van der Waals surface area contributed by atoms with Gasteiger partial charge in [-0.3, -0.25) is 9.69 Å². The van der Waals surface area contributed by atoms with Crippen LogP contribution < -0.4 is 5.32 Å². The van der Waals surface area contributed by atoms with Crippen molar-refractivity contribution in [1.29, 1.82) is 0 Å². The van der Waals surface area contributed by atoms with Crippen molar-refractivity contribution in [3.8, 4) is 0 Å². The van der Waals surface area contributed by atoms with E-state index in [2.05, 4.69) is 40.9 Å². The molecule has 26 heavy (non-hydrogen) atoms. The Balaban J connectivity index is 1.86. The third-order valence-electron chi connectivity index (χ3n) is 5.13. The predicted molar refractivity (Wildman–Crippen MR) is 107 cm³/mol. The van der Waals surface area contributed by atoms with Crippen LogP contribution in [0.15, 0.2) is 36.5 Å². The predicted octanol–water partition coefficient (Wildman–Crippen LogP) is 4.36. The highest BCUT2D eigenvalue weighted by atomic mass is 35.5. The van der Waals surface area contributed by atoms with Gasteiger partial charge in [-0.2, -0.15) is 0 Å². The first-order chi connectivity index (χ1) is 12.4. The lowest BCUT2D eigenvalue weighted by atomic mass is 9.99. The fourth-order valence-corrected chi connectivity index (χ4v) is 3.62. The minimum Gasteiger partial charge on any atom is -0.352 e. The number of nitrogens with one attached hydrogen (secondary N) is 1. The normalized spacial score (nSPS) is 18.6. The highest BCUT2D eigenvalue weighted by molar-refractivity contribution is 6.42. The van der Waals surface area contributed by atoms with Gasteiger partial charge in [0.05, 0.1) is 22.6 Å². The summed E-state index contributed by atoms with van der Waals surface area (Å²) < 4.78 is 2.23. The highest BCUT2D eigenvalue weighted by Gasteiger charge is 2.30. The molecule has 6 heteroatoms. The number of hydrogen-bond donors (Lipinski definition) is 1. The van der Waals surface area contributed by atoms with Crippen LogP contribution in [-0.2, 0) is 11.3 Å². The van der Waals surface area contributed by atoms with E-state index in [4.69, 9.17) is 23.2 Å². The number of aromatic nitrogens is 1. The quantitative estimate of drug-likeness (QED) is 0.818. The van der Waals surface area contributed by atoms with Crippen LogP contribution in [0.25, 0.3) is 0 Å². The number of fused-ring (bicyclic) bond motifs is 1. The lowest BCUT2D eigenvalue weighted by Crippen LogP contribution is -2.47. The first-order valence-corrected chi connectivity index (χ1v) is 9.76. The van der Waals surface area contributed by atoms with E-state index in [1.165, 1.54) is 5.69 Å². The lowest BCUT2D eigenvalue weighted by Gasteiger charge is -2.37. The summed E-state index contributed by atoms with van der Waals surface area (Å²) in [6.07, 6.45) is 2.08. The Morgan fingerprint density at radius 3 is 2.65 bits per heavy atom. The summed E-state index contributed by atoms with van der Waals surface area (Å²) in [4.78, 5) is 14.8. The molecule has 0 saturated carbocycles. The third kappa shape index (κ3) is 4.08. The van der Waals surface area contributed by atoms with E-state index in [0.29, 0.717) is 22.5 Å². The molecular weight excluding hydrogens is 369 g/mol. The Kier molecular flexibility index (Phi) is 5.96. The van der Waals surface area contributed by atoms with Crippen molar-refractivity contribution in [2.24, 2.45) is 5.92 Å². The van der Waals surface area contributed by atoms with Gasteiger partial charge in [-0.25, -0.2) is 0 Å². The number of hydrogen-bond acceptors (Lipinski definition) is 2. The van der Waals surface area contributed by atoms with E-state index in [9.17, 15) is 4.79 Å². The molecule has 2 aromatic rings. The number of benzene rings is 1. The maximum Gasteiger partial charge on any atom is 0.234 e. The first kappa shape index (κ1) is 19.3. The van der Waals surface area contributed by atoms with Crippen LogP contribution in [0.3, 0.4) is 0 Å². The Bertz CT molecular complexity index is 787. The molecule has 2 unspecified atom stereocenters. The number of nitrogens with zero attached hydrogens (tertiary/aromatic N) is 2. The molecule has 1 amide bonds. The van der Waals surface area contributed by atoms with Crippen molar-refractivity contribution in [3.05, 3.63) is 57.8 Å². The van der Waals surface area contributed by atoms with Crippen LogP contribution in [0.1, 0.15) is 38.1 Å². The summed E-state index contributed by atoms with van der Waals surface area (Å²) in [6, 6.07) is 9.99. The largest absolute Gasteiger partial charge is 0.352 e. The average Bonchev–Trinajstić information content (AvgIpc) is 3.05. The van der Waals surface area contributed by atoms with Crippen LogP contribution in [0.4, 0.5) is 0 Å². The summed E-state index contributed by atoms with van der Waals surface area (Å²) in [5, 5.41) is 4.17. The van der Waals surface area contributed by atoms with E-state index < -0.39 is 0 Å². The smallest absolute Gasteiger partial charge is 0.234 e. The molecule has 0 bridgehead atoms. The Labute approximate surface area is 165 Å². The summed E-state index contributed by atoms with van der Waals surface area (Å²) in [6.45, 7) is 8.28. The molecule has 1 N–H and O–H groups in total. The SMILES string of the molecule is CC(C)C(C)NC(=O)CN1CCn2cccc2C1c1ccc(Cl)c(Cl)c1. The molecule has 1 aliphatic heterocycles. The lowest BCUT2D eigenvalue weighted by molar-refractivity contribution is -0.123. The van der Waals surface area contributed by atoms with E-state index >= 15 is 0 Å². The minimum absolute atomic E-state index is 0.0198. The summed E-state index contributed by atoms with van der Waals surface area (Å²) in [7, 11) is 0. The molecule has 1 aromatic heterocycles. The van der Waals surface area contributed by atoms with Gasteiger partial charge in [0.15, 0.2) is 0 Å². The van der Waals surface area contributed by atoms with E-state index in [-0.39, 0.29) is 18.0 Å². The summed E-state index contributed by atoms with van der Waals surface area (Å²) in [5.74, 6) is 0.458. The number of halogens is 2. The molecule has 0 aliphatic carbocycles. The Morgan fingerprint density at radius 2 is 1.96 bits per heavy atom. The van der Waals surface area contributed by atoms with Gasteiger partial charge in [0.25, 0.3) is 0 Å². The van der Waals surface area contributed by atoms with Crippen LogP contribution in [0.2, 0.25) is 10.0 Å². The zero-order chi connectivity index (χ0) is 18.8. The average molecular weight is 394 g/mol. The van der Waals surface area contributed by atoms with E-state index in [1.807, 2.05) is 31.2 Å². The molecule has 1 aliphatic rings. The third-order valence-corrected chi connectivity index (χ3v) is 5.87. The van der Waals surface area contributed by atoms with Gasteiger partial charge in [0, 0.05) is 31.0 Å². The van der Waals surface area contributed by atoms with Gasteiger partial charge in [0.1, 0.15) is 0 Å². The fraction of sp³-hybridized carbons (Fsp3) is 0.450. The maximum absolute atomic E-state index is 12.6. The number of amides is 1. The van der Waals surface area contributed by atoms with Crippen LogP contribution in [-0.4, -0.2) is 34.5 Å². The molecule has 0 spiro atoms. The standard InChI is InChI=1S/C20H25Cl2N3O/c1-13(2)14(3)23-19(26)12-25-10-9-24-8-4-5-18(24)20(25)15-6-7-16(21)17(22)11-15/h4-8,11,13-14,20H,9-10,12H2,1-3H3,(H,23,26). The minimum atomic E-state index is -0.0198. The molecule has 1 aromatic carbocycles. The maximum atomic E-state index is 12.6. The van der Waals surface area contributed by atoms with Crippen molar-refractivity contribution in [2.45, 2.75) is 39.4 Å². The monoisotopic (exact) mass is 393 g/mol. The van der Waals surface area contributed by atoms with Gasteiger partial charge in [-0.1, -0.05) is 43.1 Å². The molecular formula is C20H25Cl2N3O. The zero-order valence-electron chi connectivity index (χ0n) is 15.4. The zero-order valence-corrected chi connectivity index (χ0v) is 16.9. The first-order valence-electron chi connectivity index (χ1n) is 9.00. The number of carbonyl (C=O) groups is 1. The number of carbonyl (C=O) groups excluding carboxylic acids is 1. The van der Waals surface area contributed by atoms with Gasteiger partial charge in [-0.05, 0) is 42.7 Å². The molecule has 2 atom stereocenters.